The number of aryl methyl sites for hydroxylation is 1. The van der Waals surface area contributed by atoms with Crippen LogP contribution in [0, 0.1) is 18.8 Å². The number of rotatable bonds is 7. The van der Waals surface area contributed by atoms with E-state index in [9.17, 15) is 8.42 Å². The number of nitrogens with one attached hydrogen (secondary N) is 2. The van der Waals surface area contributed by atoms with Gasteiger partial charge < -0.3 is 5.32 Å². The van der Waals surface area contributed by atoms with Crippen molar-refractivity contribution < 1.29 is 8.42 Å². The third-order valence-corrected chi connectivity index (χ3v) is 6.56. The van der Waals surface area contributed by atoms with Gasteiger partial charge in [0.1, 0.15) is 4.90 Å². The van der Waals surface area contributed by atoms with Gasteiger partial charge in [-0.05, 0) is 38.0 Å². The van der Waals surface area contributed by atoms with Gasteiger partial charge in [0.05, 0.1) is 11.4 Å². The van der Waals surface area contributed by atoms with E-state index < -0.39 is 10.0 Å². The van der Waals surface area contributed by atoms with Gasteiger partial charge in [-0.2, -0.15) is 5.10 Å². The summed E-state index contributed by atoms with van der Waals surface area (Å²) in [6.45, 7) is 5.05. The average Bonchev–Trinajstić information content (AvgIpc) is 3.31. The highest BCUT2D eigenvalue weighted by Gasteiger charge is 2.37. The molecule has 0 saturated heterocycles. The Morgan fingerprint density at radius 3 is 2.67 bits per heavy atom. The molecule has 2 aliphatic carbocycles. The summed E-state index contributed by atoms with van der Waals surface area (Å²) in [5.41, 5.74) is 1.23. The first-order chi connectivity index (χ1) is 9.89. The largest absolute Gasteiger partial charge is 0.308 e. The molecule has 1 aromatic rings. The van der Waals surface area contributed by atoms with Crippen LogP contribution in [0.2, 0.25) is 0 Å². The zero-order valence-electron chi connectivity index (χ0n) is 12.9. The van der Waals surface area contributed by atoms with Gasteiger partial charge in [0.25, 0.3) is 0 Å². The van der Waals surface area contributed by atoms with Crippen LogP contribution in [0.1, 0.15) is 37.6 Å². The first kappa shape index (κ1) is 15.0. The molecule has 1 heterocycles. The van der Waals surface area contributed by atoms with Crippen LogP contribution in [0.25, 0.3) is 0 Å². The number of hydrogen-bond donors (Lipinski definition) is 2. The molecule has 2 fully saturated rings. The van der Waals surface area contributed by atoms with E-state index in [1.54, 1.807) is 14.0 Å². The van der Waals surface area contributed by atoms with Crippen molar-refractivity contribution in [3.05, 3.63) is 11.4 Å². The average molecular weight is 312 g/mol. The van der Waals surface area contributed by atoms with Gasteiger partial charge in [0.2, 0.25) is 10.0 Å². The number of sulfonamides is 1. The molecule has 1 aromatic heterocycles. The Balaban J connectivity index is 1.77. The smallest absolute Gasteiger partial charge is 0.246 e. The van der Waals surface area contributed by atoms with E-state index in [0.29, 0.717) is 47.3 Å². The van der Waals surface area contributed by atoms with Crippen LogP contribution >= 0.6 is 0 Å². The lowest BCUT2D eigenvalue weighted by Gasteiger charge is -2.17. The summed E-state index contributed by atoms with van der Waals surface area (Å²) < 4.78 is 27.1. The minimum atomic E-state index is -3.46. The molecule has 3 rings (SSSR count). The molecule has 0 amide bonds. The Morgan fingerprint density at radius 1 is 1.43 bits per heavy atom. The van der Waals surface area contributed by atoms with Gasteiger partial charge in [0, 0.05) is 26.2 Å². The lowest BCUT2D eigenvalue weighted by atomic mass is 10.3. The van der Waals surface area contributed by atoms with Gasteiger partial charge in [0.15, 0.2) is 0 Å². The predicted octanol–water partition coefficient (Wildman–Crippen LogP) is 1.25. The maximum Gasteiger partial charge on any atom is 0.246 e. The summed E-state index contributed by atoms with van der Waals surface area (Å²) in [6.07, 6.45) is 3.47. The monoisotopic (exact) mass is 312 g/mol. The summed E-state index contributed by atoms with van der Waals surface area (Å²) in [4.78, 5) is 0.353. The maximum absolute atomic E-state index is 12.8. The Kier molecular flexibility index (Phi) is 3.83. The van der Waals surface area contributed by atoms with Crippen molar-refractivity contribution in [2.75, 3.05) is 13.6 Å². The lowest BCUT2D eigenvalue weighted by Crippen LogP contribution is -2.30. The van der Waals surface area contributed by atoms with Crippen LogP contribution in [-0.2, 0) is 16.6 Å². The second kappa shape index (κ2) is 5.37. The van der Waals surface area contributed by atoms with Crippen molar-refractivity contribution in [3.63, 3.8) is 0 Å². The lowest BCUT2D eigenvalue weighted by molar-refractivity contribution is 0.443. The minimum absolute atomic E-state index is 0.353. The number of H-pyrrole nitrogens is 1. The second-order valence-electron chi connectivity index (χ2n) is 6.54. The van der Waals surface area contributed by atoms with Crippen LogP contribution in [0.15, 0.2) is 4.90 Å². The molecule has 118 valence electrons. The van der Waals surface area contributed by atoms with Crippen LogP contribution < -0.4 is 5.32 Å². The van der Waals surface area contributed by atoms with Gasteiger partial charge in [-0.25, -0.2) is 12.7 Å². The summed E-state index contributed by atoms with van der Waals surface area (Å²) in [5, 5.41) is 10.3. The van der Waals surface area contributed by atoms with Crippen molar-refractivity contribution in [2.45, 2.75) is 50.6 Å². The second-order valence-corrected chi connectivity index (χ2v) is 8.52. The van der Waals surface area contributed by atoms with E-state index in [1.807, 2.05) is 0 Å². The Morgan fingerprint density at radius 2 is 2.10 bits per heavy atom. The van der Waals surface area contributed by atoms with Crippen molar-refractivity contribution in [3.8, 4) is 0 Å². The molecule has 6 nitrogen and oxygen atoms in total. The summed E-state index contributed by atoms with van der Waals surface area (Å²) in [7, 11) is -1.79. The molecule has 2 N–H and O–H groups in total. The van der Waals surface area contributed by atoms with E-state index in [2.05, 4.69) is 22.4 Å². The van der Waals surface area contributed by atoms with E-state index in [-0.39, 0.29) is 0 Å². The zero-order valence-corrected chi connectivity index (χ0v) is 13.7. The van der Waals surface area contributed by atoms with E-state index >= 15 is 0 Å². The van der Waals surface area contributed by atoms with Crippen molar-refractivity contribution in [2.24, 2.45) is 11.8 Å². The molecule has 2 saturated carbocycles. The molecule has 21 heavy (non-hydrogen) atoms. The molecule has 0 aliphatic heterocycles. The normalized spacial score (nSPS) is 25.5. The summed E-state index contributed by atoms with van der Waals surface area (Å²) in [5.74, 6) is 1.15. The molecule has 0 aromatic carbocycles. The third-order valence-electron chi connectivity index (χ3n) is 4.53. The van der Waals surface area contributed by atoms with Crippen molar-refractivity contribution >= 4 is 10.0 Å². The first-order valence-corrected chi connectivity index (χ1v) is 9.07. The minimum Gasteiger partial charge on any atom is -0.308 e. The van der Waals surface area contributed by atoms with E-state index in [1.165, 1.54) is 17.1 Å². The fourth-order valence-electron chi connectivity index (χ4n) is 2.70. The number of hydrogen-bond acceptors (Lipinski definition) is 4. The molecular formula is C14H24N4O2S. The van der Waals surface area contributed by atoms with E-state index in [4.69, 9.17) is 0 Å². The van der Waals surface area contributed by atoms with Crippen molar-refractivity contribution in [1.29, 1.82) is 0 Å². The Hall–Kier alpha value is -0.920. The molecule has 0 spiro atoms. The highest BCUT2D eigenvalue weighted by molar-refractivity contribution is 7.89. The summed E-state index contributed by atoms with van der Waals surface area (Å²) in [6, 6.07) is 0.530. The van der Waals surface area contributed by atoms with Crippen LogP contribution in [-0.4, -0.2) is 42.6 Å². The van der Waals surface area contributed by atoms with Gasteiger partial charge in [-0.3, -0.25) is 5.10 Å². The van der Waals surface area contributed by atoms with Crippen LogP contribution in [0.3, 0.4) is 0 Å². The van der Waals surface area contributed by atoms with Crippen LogP contribution in [0.4, 0.5) is 0 Å². The fraction of sp³-hybridized carbons (Fsp3) is 0.786. The maximum atomic E-state index is 12.8. The zero-order chi connectivity index (χ0) is 15.2. The van der Waals surface area contributed by atoms with Crippen molar-refractivity contribution in [1.82, 2.24) is 19.8 Å². The van der Waals surface area contributed by atoms with Gasteiger partial charge in [-0.1, -0.05) is 6.92 Å². The number of aromatic amines is 1. The predicted molar refractivity (Wildman–Crippen MR) is 80.3 cm³/mol. The molecule has 2 atom stereocenters. The first-order valence-electron chi connectivity index (χ1n) is 7.63. The highest BCUT2D eigenvalue weighted by atomic mass is 32.2. The SMILES string of the molecule is Cc1[nH]nc(CNC2CC2)c1S(=O)(=O)N(C)CC1CC1C. The van der Waals surface area contributed by atoms with E-state index in [0.717, 1.165) is 6.42 Å². The Labute approximate surface area is 126 Å². The molecule has 7 heteroatoms. The van der Waals surface area contributed by atoms with Crippen LogP contribution in [0.5, 0.6) is 0 Å². The number of nitrogens with zero attached hydrogens (tertiary/aromatic N) is 2. The molecule has 2 aliphatic rings. The number of aromatic nitrogens is 2. The van der Waals surface area contributed by atoms with Gasteiger partial charge in [-0.15, -0.1) is 0 Å². The quantitative estimate of drug-likeness (QED) is 0.794. The van der Waals surface area contributed by atoms with Gasteiger partial charge >= 0.3 is 0 Å². The Bertz CT molecular complexity index is 621. The highest BCUT2D eigenvalue weighted by Crippen LogP contribution is 2.39. The summed E-state index contributed by atoms with van der Waals surface area (Å²) >= 11 is 0. The molecule has 0 radical (unpaired) electrons. The third kappa shape index (κ3) is 3.14. The fourth-order valence-corrected chi connectivity index (χ4v) is 4.25. The molecular weight excluding hydrogens is 288 g/mol. The standard InChI is InChI=1S/C14H24N4O2S/c1-9-6-11(9)8-18(3)21(19,20)14-10(2)16-17-13(14)7-15-12-4-5-12/h9,11-12,15H,4-8H2,1-3H3,(H,16,17). The molecule has 0 bridgehead atoms. The molecule has 2 unspecified atom stereocenters. The topological polar surface area (TPSA) is 78.1 Å².